The lowest BCUT2D eigenvalue weighted by atomic mass is 9.91. The summed E-state index contributed by atoms with van der Waals surface area (Å²) in [5.74, 6) is 0.986. The Morgan fingerprint density at radius 3 is 1.56 bits per heavy atom. The summed E-state index contributed by atoms with van der Waals surface area (Å²) in [5, 5.41) is 51.1. The molecule has 18 heteroatoms. The number of halogens is 4. The van der Waals surface area contributed by atoms with Crippen molar-refractivity contribution < 1.29 is 67.5 Å². The van der Waals surface area contributed by atoms with Crippen LogP contribution < -0.4 is 9.47 Å². The van der Waals surface area contributed by atoms with Crippen molar-refractivity contribution in [2.75, 3.05) is 34.0 Å². The largest absolute Gasteiger partial charge is 0.508 e. The zero-order valence-electron chi connectivity index (χ0n) is 32.2. The fourth-order valence-electron chi connectivity index (χ4n) is 6.53. The number of aliphatic hydroxyl groups is 5. The molecule has 2 saturated heterocycles. The maximum atomic E-state index is 14.5. The van der Waals surface area contributed by atoms with Crippen molar-refractivity contribution in [1.29, 1.82) is 0 Å². The molecule has 0 aliphatic carbocycles. The topological polar surface area (TPSA) is 199 Å². The van der Waals surface area contributed by atoms with E-state index in [2.05, 4.69) is 14.7 Å². The molecule has 2 aromatic heterocycles. The number of alkyl halides is 2. The minimum Gasteiger partial charge on any atom is -0.481 e. The molecule has 0 bridgehead atoms. The second-order valence-corrected chi connectivity index (χ2v) is 14.5. The van der Waals surface area contributed by atoms with Gasteiger partial charge in [0.2, 0.25) is 11.8 Å². The van der Waals surface area contributed by atoms with Crippen LogP contribution in [0.25, 0.3) is 0 Å². The molecule has 0 saturated carbocycles. The molecule has 4 heterocycles. The molecule has 2 fully saturated rings. The van der Waals surface area contributed by atoms with Gasteiger partial charge in [-0.2, -0.15) is 0 Å². The number of nitrogens with zero attached hydrogens (tertiary/aromatic N) is 2. The van der Waals surface area contributed by atoms with E-state index < -0.39 is 80.5 Å². The molecule has 0 amide bonds. The minimum atomic E-state index is -1.95. The molecule has 2 aliphatic rings. The molecule has 10 unspecified atom stereocenters. The van der Waals surface area contributed by atoms with Crippen molar-refractivity contribution in [1.82, 2.24) is 9.97 Å². The summed E-state index contributed by atoms with van der Waals surface area (Å²) < 4.78 is 59.2. The van der Waals surface area contributed by atoms with Gasteiger partial charge in [-0.1, -0.05) is 59.6 Å². The molecule has 14 nitrogen and oxygen atoms in total. The highest BCUT2D eigenvalue weighted by Gasteiger charge is 2.47. The van der Waals surface area contributed by atoms with E-state index in [1.54, 1.807) is 67.8 Å². The highest BCUT2D eigenvalue weighted by atomic mass is 35.5. The number of benzene rings is 2. The Kier molecular flexibility index (Phi) is 16.6. The number of methoxy groups -OCH3 is 2. The lowest BCUT2D eigenvalue weighted by molar-refractivity contribution is -0.215. The lowest BCUT2D eigenvalue weighted by Gasteiger charge is -2.39. The summed E-state index contributed by atoms with van der Waals surface area (Å²) >= 11 is 12.6. The Morgan fingerprint density at radius 1 is 0.695 bits per heavy atom. The van der Waals surface area contributed by atoms with Crippen molar-refractivity contribution in [2.45, 2.75) is 80.9 Å². The average Bonchev–Trinajstić information content (AvgIpc) is 3.24. The minimum absolute atomic E-state index is 0.102. The third-order valence-electron chi connectivity index (χ3n) is 9.73. The van der Waals surface area contributed by atoms with Crippen LogP contribution in [0.3, 0.4) is 0 Å². The highest BCUT2D eigenvalue weighted by Crippen LogP contribution is 2.37. The summed E-state index contributed by atoms with van der Waals surface area (Å²) in [6, 6.07) is 17.2. The van der Waals surface area contributed by atoms with Crippen LogP contribution in [0.2, 0.25) is 10.0 Å². The van der Waals surface area contributed by atoms with E-state index in [1.165, 1.54) is 14.2 Å². The maximum Gasteiger partial charge on any atom is 0.508 e. The number of carbonyl (C=O) groups excluding carboxylic acids is 1. The Bertz CT molecular complexity index is 1970. The fourth-order valence-corrected chi connectivity index (χ4v) is 6.89. The molecular weight excluding hydrogens is 821 g/mol. The van der Waals surface area contributed by atoms with Gasteiger partial charge in [0.05, 0.1) is 27.4 Å². The molecule has 6 rings (SSSR count). The Labute approximate surface area is 349 Å². The molecule has 0 radical (unpaired) electrons. The summed E-state index contributed by atoms with van der Waals surface area (Å²) in [6.07, 6.45) is -11.4. The fraction of sp³-hybridized carbons (Fsp3) is 0.439. The first-order valence-corrected chi connectivity index (χ1v) is 19.3. The third-order valence-corrected chi connectivity index (χ3v) is 10.5. The number of aromatic nitrogens is 2. The standard InChI is InChI=1S/C22H25ClFNO7.C19H21ClFNO5/c1-3-30-22(28)31-11-16-18(24)19(26)20(27)21(32-16)13-5-6-15(23)14(9-13)8-12-4-7-17(29-2)25-10-12;1-26-15-5-2-10(8-22-15)6-12-7-11(3-4-13(12)20)19-18(25)17(24)16(21)14(9-23)27-19/h4-7,9-10,16,18-21,26-27H,3,8,11H2,1-2H3;2-5,7-8,14,16-19,23-25H,6,9H2,1H3. The van der Waals surface area contributed by atoms with Gasteiger partial charge >= 0.3 is 6.16 Å². The van der Waals surface area contributed by atoms with E-state index in [0.717, 1.165) is 22.3 Å². The SMILES string of the molecule is CCOC(=O)OCC1OC(c2ccc(Cl)c(Cc3ccc(OC)nc3)c2)C(O)C(O)C1F.COc1ccc(Cc2cc(C3OC(CO)C(F)C(O)C3O)ccc2Cl)cn1. The van der Waals surface area contributed by atoms with Crippen LogP contribution in [0.4, 0.5) is 13.6 Å². The summed E-state index contributed by atoms with van der Waals surface area (Å²) in [5.41, 5.74) is 4.28. The Morgan fingerprint density at radius 2 is 1.15 bits per heavy atom. The average molecular weight is 868 g/mol. The van der Waals surface area contributed by atoms with Gasteiger partial charge in [-0.25, -0.2) is 23.5 Å². The normalized spacial score (nSPS) is 26.6. The van der Waals surface area contributed by atoms with E-state index in [9.17, 15) is 39.1 Å². The van der Waals surface area contributed by atoms with Gasteiger partial charge in [0.1, 0.15) is 55.4 Å². The number of carbonyl (C=O) groups is 1. The summed E-state index contributed by atoms with van der Waals surface area (Å²) in [7, 11) is 3.06. The second kappa shape index (κ2) is 21.3. The molecule has 0 spiro atoms. The van der Waals surface area contributed by atoms with Gasteiger partial charge < -0.3 is 54.0 Å². The first-order chi connectivity index (χ1) is 28.3. The molecule has 59 heavy (non-hydrogen) atoms. The van der Waals surface area contributed by atoms with Crippen LogP contribution in [0.1, 0.15) is 52.5 Å². The molecule has 2 aromatic carbocycles. The van der Waals surface area contributed by atoms with Crippen molar-refractivity contribution >= 4 is 29.4 Å². The quantitative estimate of drug-likeness (QED) is 0.121. The third kappa shape index (κ3) is 11.5. The Hall–Kier alpha value is -4.23. The zero-order chi connectivity index (χ0) is 42.8. The molecule has 2 aliphatic heterocycles. The number of rotatable bonds is 12. The van der Waals surface area contributed by atoms with Gasteiger partial charge in [0.15, 0.2) is 12.3 Å². The van der Waals surface area contributed by atoms with Crippen molar-refractivity contribution in [2.24, 2.45) is 0 Å². The molecule has 10 atom stereocenters. The predicted octanol–water partition coefficient (Wildman–Crippen LogP) is 4.83. The van der Waals surface area contributed by atoms with Crippen LogP contribution in [0.15, 0.2) is 73.1 Å². The second-order valence-electron chi connectivity index (χ2n) is 13.7. The first kappa shape index (κ1) is 45.8. The highest BCUT2D eigenvalue weighted by molar-refractivity contribution is 6.31. The van der Waals surface area contributed by atoms with E-state index >= 15 is 0 Å². The van der Waals surface area contributed by atoms with Crippen molar-refractivity contribution in [3.63, 3.8) is 0 Å². The van der Waals surface area contributed by atoms with Crippen molar-refractivity contribution in [3.8, 4) is 11.8 Å². The summed E-state index contributed by atoms with van der Waals surface area (Å²) in [4.78, 5) is 19.7. The van der Waals surface area contributed by atoms with Crippen LogP contribution in [0.5, 0.6) is 11.8 Å². The number of hydrogen-bond acceptors (Lipinski definition) is 14. The monoisotopic (exact) mass is 866 g/mol. The number of ether oxygens (including phenoxy) is 6. The van der Waals surface area contributed by atoms with Gasteiger partial charge in [-0.05, 0) is 52.4 Å². The van der Waals surface area contributed by atoms with E-state index in [0.29, 0.717) is 45.8 Å². The summed E-state index contributed by atoms with van der Waals surface area (Å²) in [6.45, 7) is 0.634. The molecule has 5 N–H and O–H groups in total. The van der Waals surface area contributed by atoms with Gasteiger partial charge in [-0.15, -0.1) is 0 Å². The van der Waals surface area contributed by atoms with Crippen LogP contribution in [0, 0.1) is 0 Å². The van der Waals surface area contributed by atoms with Crippen LogP contribution in [-0.2, 0) is 31.8 Å². The van der Waals surface area contributed by atoms with E-state index in [-0.39, 0.29) is 6.61 Å². The maximum absolute atomic E-state index is 14.5. The smallest absolute Gasteiger partial charge is 0.481 e. The van der Waals surface area contributed by atoms with Crippen LogP contribution in [-0.4, -0.2) is 125 Å². The predicted molar refractivity (Wildman–Crippen MR) is 209 cm³/mol. The van der Waals surface area contributed by atoms with E-state index in [4.69, 9.17) is 46.9 Å². The number of pyridine rings is 2. The molecular formula is C41H46Cl2F2N2O12. The zero-order valence-corrected chi connectivity index (χ0v) is 33.7. The van der Waals surface area contributed by atoms with E-state index in [1.807, 2.05) is 12.1 Å². The lowest BCUT2D eigenvalue weighted by Crippen LogP contribution is -2.53. The van der Waals surface area contributed by atoms with Gasteiger partial charge in [0.25, 0.3) is 0 Å². The Balaban J connectivity index is 0.000000227. The van der Waals surface area contributed by atoms with Gasteiger partial charge in [0, 0.05) is 47.4 Å². The van der Waals surface area contributed by atoms with Crippen molar-refractivity contribution in [3.05, 3.63) is 116 Å². The van der Waals surface area contributed by atoms with Crippen LogP contribution >= 0.6 is 23.2 Å². The molecule has 4 aromatic rings. The first-order valence-electron chi connectivity index (χ1n) is 18.5. The van der Waals surface area contributed by atoms with Gasteiger partial charge in [-0.3, -0.25) is 0 Å². The number of aliphatic hydroxyl groups excluding tert-OH is 5. The molecule has 320 valence electrons. The number of hydrogen-bond donors (Lipinski definition) is 5.